The van der Waals surface area contributed by atoms with Gasteiger partial charge in [0.15, 0.2) is 0 Å². The second-order valence-electron chi connectivity index (χ2n) is 16.5. The molecule has 0 saturated heterocycles. The van der Waals surface area contributed by atoms with Gasteiger partial charge in [-0.15, -0.1) is 24.8 Å². The van der Waals surface area contributed by atoms with Gasteiger partial charge in [0.25, 0.3) is 0 Å². The lowest BCUT2D eigenvalue weighted by Gasteiger charge is -2.53. The molecule has 4 aliphatic carbocycles. The predicted octanol–water partition coefficient (Wildman–Crippen LogP) is 8.52. The lowest BCUT2D eigenvalue weighted by molar-refractivity contribution is -0.152. The van der Waals surface area contributed by atoms with Gasteiger partial charge in [0.05, 0.1) is 6.42 Å². The molecule has 0 spiro atoms. The normalized spacial score (nSPS) is 28.8. The topological polar surface area (TPSA) is 53.1 Å². The van der Waals surface area contributed by atoms with Crippen molar-refractivity contribution in [1.29, 1.82) is 0 Å². The number of carbonyl (C=O) groups is 2. The summed E-state index contributed by atoms with van der Waals surface area (Å²) in [6, 6.07) is 0. The zero-order valence-electron chi connectivity index (χ0n) is 31.1. The number of halogens is 2. The molecule has 4 rings (SSSR count). The zero-order valence-corrected chi connectivity index (χ0v) is 32.7. The summed E-state index contributed by atoms with van der Waals surface area (Å²) in [5.41, 5.74) is 1.61. The van der Waals surface area contributed by atoms with Crippen molar-refractivity contribution in [3.05, 3.63) is 11.6 Å². The van der Waals surface area contributed by atoms with Crippen molar-refractivity contribution in [3.8, 4) is 0 Å². The molecule has 7 unspecified atom stereocenters. The van der Waals surface area contributed by atoms with Crippen LogP contribution >= 0.6 is 24.8 Å². The molecule has 6 nitrogen and oxygen atoms in total. The fourth-order valence-electron chi connectivity index (χ4n) is 9.81. The first-order chi connectivity index (χ1) is 21.5. The average Bonchev–Trinajstić information content (AvgIpc) is 3.47. The number of hydrogen-bond acceptors (Lipinski definition) is 5. The van der Waals surface area contributed by atoms with Crippen molar-refractivity contribution in [2.75, 3.05) is 54.4 Å². The summed E-state index contributed by atoms with van der Waals surface area (Å²) < 4.78 is 6.12. The second-order valence-corrected chi connectivity index (χ2v) is 16.5. The number of allylic oxidation sites excluding steroid dienone is 1. The van der Waals surface area contributed by atoms with Gasteiger partial charge in [-0.05, 0) is 134 Å². The van der Waals surface area contributed by atoms with Crippen molar-refractivity contribution in [2.24, 2.45) is 47.3 Å². The summed E-state index contributed by atoms with van der Waals surface area (Å²) in [6.07, 6.45) is 19.3. The molecule has 0 N–H and O–H groups in total. The van der Waals surface area contributed by atoms with Crippen LogP contribution in [0.25, 0.3) is 0 Å². The smallest absolute Gasteiger partial charge is 0.306 e. The molecule has 3 fully saturated rings. The highest BCUT2D eigenvalue weighted by atomic mass is 35.5. The van der Waals surface area contributed by atoms with E-state index in [1.54, 1.807) is 5.57 Å². The summed E-state index contributed by atoms with van der Waals surface area (Å²) in [5.74, 6) is 6.43. The molecule has 8 atom stereocenters. The Morgan fingerprint density at radius 2 is 1.47 bits per heavy atom. The van der Waals surface area contributed by atoms with E-state index in [1.807, 2.05) is 4.90 Å². The van der Waals surface area contributed by atoms with Gasteiger partial charge < -0.3 is 19.4 Å². The highest BCUT2D eigenvalue weighted by Crippen LogP contribution is 2.59. The molecule has 0 radical (unpaired) electrons. The van der Waals surface area contributed by atoms with Crippen LogP contribution in [0.1, 0.15) is 117 Å². The van der Waals surface area contributed by atoms with Crippen LogP contribution in [0.5, 0.6) is 0 Å². The molecule has 0 aromatic carbocycles. The first-order valence-electron chi connectivity index (χ1n) is 19.0. The Balaban J connectivity index is 0.00000384. The Morgan fingerprint density at radius 1 is 0.787 bits per heavy atom. The van der Waals surface area contributed by atoms with Crippen molar-refractivity contribution in [1.82, 2.24) is 14.7 Å². The minimum absolute atomic E-state index is 0. The van der Waals surface area contributed by atoms with Gasteiger partial charge >= 0.3 is 5.97 Å². The molecular weight excluding hydrogens is 629 g/mol. The van der Waals surface area contributed by atoms with E-state index < -0.39 is 0 Å². The van der Waals surface area contributed by atoms with Crippen molar-refractivity contribution in [2.45, 2.75) is 123 Å². The maximum atomic E-state index is 13.2. The third-order valence-electron chi connectivity index (χ3n) is 12.0. The third kappa shape index (κ3) is 12.5. The number of rotatable bonds is 17. The second kappa shape index (κ2) is 20.8. The predicted molar refractivity (Wildman–Crippen MR) is 200 cm³/mol. The van der Waals surface area contributed by atoms with Crippen molar-refractivity contribution in [3.63, 3.8) is 0 Å². The fourth-order valence-corrected chi connectivity index (χ4v) is 9.81. The molecule has 0 aromatic heterocycles. The molecular formula is C39H71Cl2N3O3. The Bertz CT molecular complexity index is 959. The first-order valence-corrected chi connectivity index (χ1v) is 19.0. The average molecular weight is 701 g/mol. The van der Waals surface area contributed by atoms with E-state index in [0.717, 1.165) is 87.4 Å². The number of esters is 1. The van der Waals surface area contributed by atoms with Crippen LogP contribution < -0.4 is 0 Å². The molecule has 0 bridgehead atoms. The number of nitrogens with zero attached hydrogens (tertiary/aromatic N) is 3. The Hall–Kier alpha value is -0.820. The molecule has 0 aromatic rings. The Kier molecular flexibility index (Phi) is 18.7. The number of amides is 1. The third-order valence-corrected chi connectivity index (χ3v) is 12.0. The zero-order chi connectivity index (χ0) is 32.5. The summed E-state index contributed by atoms with van der Waals surface area (Å²) >= 11 is 0. The van der Waals surface area contributed by atoms with Crippen molar-refractivity contribution < 1.29 is 14.3 Å². The van der Waals surface area contributed by atoms with Crippen LogP contribution in [0.3, 0.4) is 0 Å². The molecule has 0 heterocycles. The maximum absolute atomic E-state index is 13.2. The Morgan fingerprint density at radius 3 is 2.11 bits per heavy atom. The minimum Gasteiger partial charge on any atom is -0.462 e. The van der Waals surface area contributed by atoms with Crippen LogP contribution in [0, 0.1) is 47.3 Å². The van der Waals surface area contributed by atoms with Gasteiger partial charge in [-0.3, -0.25) is 9.59 Å². The van der Waals surface area contributed by atoms with E-state index in [1.165, 1.54) is 57.8 Å². The summed E-state index contributed by atoms with van der Waals surface area (Å²) in [6.45, 7) is 10.7. The quantitative estimate of drug-likeness (QED) is 0.113. The van der Waals surface area contributed by atoms with Crippen LogP contribution in [-0.2, 0) is 14.3 Å². The van der Waals surface area contributed by atoms with Gasteiger partial charge in [0, 0.05) is 25.9 Å². The molecule has 1 amide bonds. The van der Waals surface area contributed by atoms with Crippen LogP contribution in [0.15, 0.2) is 11.6 Å². The van der Waals surface area contributed by atoms with E-state index in [9.17, 15) is 9.59 Å². The van der Waals surface area contributed by atoms with Gasteiger partial charge in [0.1, 0.15) is 6.10 Å². The largest absolute Gasteiger partial charge is 0.462 e. The van der Waals surface area contributed by atoms with Crippen LogP contribution in [-0.4, -0.2) is 87.0 Å². The van der Waals surface area contributed by atoms with E-state index in [4.69, 9.17) is 4.74 Å². The van der Waals surface area contributed by atoms with E-state index in [-0.39, 0.29) is 55.6 Å². The van der Waals surface area contributed by atoms with Gasteiger partial charge in [-0.2, -0.15) is 0 Å². The first kappa shape index (κ1) is 42.3. The van der Waals surface area contributed by atoms with Gasteiger partial charge in [-0.1, -0.05) is 64.5 Å². The van der Waals surface area contributed by atoms with Crippen LogP contribution in [0.2, 0.25) is 0 Å². The number of ether oxygens (including phenoxy) is 1. The van der Waals surface area contributed by atoms with E-state index in [2.05, 4.69) is 64.8 Å². The Labute approximate surface area is 301 Å². The number of fused-ring (bicyclic) bond motifs is 5. The molecule has 8 heteroatoms. The highest BCUT2D eigenvalue weighted by molar-refractivity contribution is 5.85. The summed E-state index contributed by atoms with van der Waals surface area (Å²) in [4.78, 5) is 32.5. The van der Waals surface area contributed by atoms with Crippen LogP contribution in [0.4, 0.5) is 0 Å². The molecule has 3 saturated carbocycles. The van der Waals surface area contributed by atoms with Gasteiger partial charge in [-0.25, -0.2) is 0 Å². The summed E-state index contributed by atoms with van der Waals surface area (Å²) in [7, 11) is 8.27. The van der Waals surface area contributed by atoms with Gasteiger partial charge in [0.2, 0.25) is 5.91 Å². The molecule has 274 valence electrons. The maximum Gasteiger partial charge on any atom is 0.306 e. The standard InChI is InChI=1S/C39H69N3O3.2ClH/c1-28(2)12-8-13-29(3)36-27-31-26-32(17-19-33(31)35-18-16-30-14-9-15-34(30)39(35)36)45-38(44)21-20-37(43)42(24-10-22-40(4)5)25-11-23-41(6)7;;/h27-30,32-36,39H,8-26H2,1-7H3;2*1H/t29-,30?,32?,33?,34?,35?,36?,39?;;/m1../s1. The summed E-state index contributed by atoms with van der Waals surface area (Å²) in [5, 5.41) is 0. The lowest BCUT2D eigenvalue weighted by Crippen LogP contribution is -2.46. The number of carbonyl (C=O) groups excluding carboxylic acids is 2. The molecule has 47 heavy (non-hydrogen) atoms. The monoisotopic (exact) mass is 699 g/mol. The lowest BCUT2D eigenvalue weighted by atomic mass is 9.52. The minimum atomic E-state index is -0.187. The highest BCUT2D eigenvalue weighted by Gasteiger charge is 2.51. The van der Waals surface area contributed by atoms with E-state index >= 15 is 0 Å². The SMILES string of the molecule is CC(C)CCC[C@@H](C)C1C=C2CC(OC(=O)CCC(=O)N(CCCN(C)C)CCCN(C)C)CCC2C2CCC3CCCC3C21.Cl.Cl. The van der Waals surface area contributed by atoms with Crippen molar-refractivity contribution >= 4 is 36.7 Å². The molecule has 0 aliphatic heterocycles. The fraction of sp³-hybridized carbons (Fsp3) is 0.897. The van der Waals surface area contributed by atoms with E-state index in [0.29, 0.717) is 11.8 Å². The molecule has 4 aliphatic rings. The number of hydrogen-bond donors (Lipinski definition) is 0.